The molecule has 100 valence electrons. The fourth-order valence-corrected chi connectivity index (χ4v) is 3.31. The van der Waals surface area contributed by atoms with E-state index < -0.39 is 6.10 Å². The summed E-state index contributed by atoms with van der Waals surface area (Å²) in [6.07, 6.45) is 2.23. The van der Waals surface area contributed by atoms with Crippen molar-refractivity contribution < 1.29 is 5.11 Å². The van der Waals surface area contributed by atoms with Gasteiger partial charge in [0.25, 0.3) is 0 Å². The van der Waals surface area contributed by atoms with Crippen LogP contribution >= 0.6 is 11.3 Å². The molecule has 0 aromatic carbocycles. The van der Waals surface area contributed by atoms with Crippen LogP contribution in [0.5, 0.6) is 0 Å². The molecular formula is C14H17N3OS. The van der Waals surface area contributed by atoms with Crippen molar-refractivity contribution in [2.75, 3.05) is 0 Å². The molecule has 3 rings (SSSR count). The van der Waals surface area contributed by atoms with Crippen LogP contribution in [0.25, 0.3) is 21.3 Å². The maximum Gasteiger partial charge on any atom is 0.138 e. The Morgan fingerprint density at radius 3 is 2.84 bits per heavy atom. The number of pyridine rings is 1. The van der Waals surface area contributed by atoms with Crippen molar-refractivity contribution in [3.05, 3.63) is 23.5 Å². The van der Waals surface area contributed by atoms with Crippen molar-refractivity contribution in [3.63, 3.8) is 0 Å². The number of nitrogens with zero attached hydrogens (tertiary/aromatic N) is 3. The van der Waals surface area contributed by atoms with Gasteiger partial charge in [0.2, 0.25) is 0 Å². The first-order valence-electron chi connectivity index (χ1n) is 6.55. The molecule has 3 aromatic heterocycles. The molecule has 0 aliphatic heterocycles. The Labute approximate surface area is 115 Å². The van der Waals surface area contributed by atoms with Gasteiger partial charge in [0.05, 0.1) is 21.9 Å². The Hall–Kier alpha value is -1.46. The van der Waals surface area contributed by atoms with Gasteiger partial charge in [0, 0.05) is 6.04 Å². The lowest BCUT2D eigenvalue weighted by Crippen LogP contribution is -2.10. The molecular weight excluding hydrogens is 258 g/mol. The van der Waals surface area contributed by atoms with E-state index in [0.29, 0.717) is 6.04 Å². The van der Waals surface area contributed by atoms with Crippen LogP contribution in [0.1, 0.15) is 45.2 Å². The summed E-state index contributed by atoms with van der Waals surface area (Å²) in [7, 11) is 0. The summed E-state index contributed by atoms with van der Waals surface area (Å²) >= 11 is 1.68. The molecule has 0 saturated heterocycles. The van der Waals surface area contributed by atoms with Crippen molar-refractivity contribution in [3.8, 4) is 0 Å². The first kappa shape index (κ1) is 12.6. The number of fused-ring (bicyclic) bond motifs is 3. The summed E-state index contributed by atoms with van der Waals surface area (Å²) in [6.45, 7) is 6.07. The normalized spacial score (nSPS) is 15.2. The Kier molecular flexibility index (Phi) is 3.03. The van der Waals surface area contributed by atoms with Gasteiger partial charge < -0.3 is 9.67 Å². The average Bonchev–Trinajstić information content (AvgIpc) is 3.00. The average molecular weight is 275 g/mol. The molecule has 0 fully saturated rings. The van der Waals surface area contributed by atoms with Crippen LogP contribution in [0.4, 0.5) is 0 Å². The molecule has 0 aliphatic carbocycles. The van der Waals surface area contributed by atoms with E-state index in [-0.39, 0.29) is 0 Å². The van der Waals surface area contributed by atoms with E-state index in [2.05, 4.69) is 28.4 Å². The lowest BCUT2D eigenvalue weighted by atomic mass is 10.2. The molecule has 0 unspecified atom stereocenters. The summed E-state index contributed by atoms with van der Waals surface area (Å²) in [4.78, 5) is 8.99. The van der Waals surface area contributed by atoms with Crippen LogP contribution in [0, 0.1) is 0 Å². The number of rotatable bonds is 3. The van der Waals surface area contributed by atoms with Gasteiger partial charge in [-0.2, -0.15) is 0 Å². The Bertz CT molecular complexity index is 729. The topological polar surface area (TPSA) is 50.9 Å². The van der Waals surface area contributed by atoms with E-state index in [0.717, 1.165) is 33.5 Å². The van der Waals surface area contributed by atoms with E-state index in [4.69, 9.17) is 0 Å². The second kappa shape index (κ2) is 4.58. The van der Waals surface area contributed by atoms with Crippen LogP contribution < -0.4 is 0 Å². The van der Waals surface area contributed by atoms with Gasteiger partial charge in [-0.3, -0.25) is 4.98 Å². The maximum atomic E-state index is 9.97. The standard InChI is InChI=1S/C14H17N3OS/c1-4-8(2)17-12-11(16-14(17)9(3)18)7-15-10-5-6-19-13(10)12/h5-9,18H,4H2,1-3H3/t8-,9+/m0/s1. The SMILES string of the molecule is CC[C@H](C)n1c([C@@H](C)O)nc2cnc3ccsc3c21. The van der Waals surface area contributed by atoms with Crippen molar-refractivity contribution in [1.82, 2.24) is 14.5 Å². The predicted molar refractivity (Wildman–Crippen MR) is 78.5 cm³/mol. The summed E-state index contributed by atoms with van der Waals surface area (Å²) < 4.78 is 3.32. The van der Waals surface area contributed by atoms with E-state index >= 15 is 0 Å². The van der Waals surface area contributed by atoms with Gasteiger partial charge in [-0.05, 0) is 31.7 Å². The molecule has 0 saturated carbocycles. The lowest BCUT2D eigenvalue weighted by Gasteiger charge is -2.17. The second-order valence-electron chi connectivity index (χ2n) is 4.90. The molecule has 0 spiro atoms. The third kappa shape index (κ3) is 1.84. The minimum atomic E-state index is -0.573. The minimum absolute atomic E-state index is 0.308. The zero-order valence-corrected chi connectivity index (χ0v) is 12.1. The van der Waals surface area contributed by atoms with Crippen molar-refractivity contribution in [1.29, 1.82) is 0 Å². The molecule has 0 amide bonds. The third-order valence-corrected chi connectivity index (χ3v) is 4.47. The highest BCUT2D eigenvalue weighted by atomic mass is 32.1. The van der Waals surface area contributed by atoms with E-state index in [9.17, 15) is 5.11 Å². The van der Waals surface area contributed by atoms with Gasteiger partial charge in [0.1, 0.15) is 17.4 Å². The van der Waals surface area contributed by atoms with Crippen LogP contribution in [0.2, 0.25) is 0 Å². The van der Waals surface area contributed by atoms with E-state index in [1.54, 1.807) is 24.5 Å². The van der Waals surface area contributed by atoms with Gasteiger partial charge in [0.15, 0.2) is 0 Å². The van der Waals surface area contributed by atoms with Crippen LogP contribution in [0.3, 0.4) is 0 Å². The zero-order valence-electron chi connectivity index (χ0n) is 11.3. The van der Waals surface area contributed by atoms with Crippen molar-refractivity contribution >= 4 is 32.6 Å². The van der Waals surface area contributed by atoms with Gasteiger partial charge >= 0.3 is 0 Å². The molecule has 3 heterocycles. The smallest absolute Gasteiger partial charge is 0.138 e. The molecule has 0 bridgehead atoms. The quantitative estimate of drug-likeness (QED) is 0.793. The highest BCUT2D eigenvalue weighted by Gasteiger charge is 2.20. The highest BCUT2D eigenvalue weighted by Crippen LogP contribution is 2.33. The minimum Gasteiger partial charge on any atom is -0.385 e. The van der Waals surface area contributed by atoms with Crippen LogP contribution in [-0.4, -0.2) is 19.6 Å². The Morgan fingerprint density at radius 1 is 1.37 bits per heavy atom. The fraction of sp³-hybridized carbons (Fsp3) is 0.429. The number of imidazole rings is 1. The van der Waals surface area contributed by atoms with Crippen molar-refractivity contribution in [2.24, 2.45) is 0 Å². The monoisotopic (exact) mass is 275 g/mol. The Morgan fingerprint density at radius 2 is 2.16 bits per heavy atom. The summed E-state index contributed by atoms with van der Waals surface area (Å²) in [6, 6.07) is 2.33. The van der Waals surface area contributed by atoms with Gasteiger partial charge in [-0.25, -0.2) is 4.98 Å². The fourth-order valence-electron chi connectivity index (χ4n) is 2.42. The largest absolute Gasteiger partial charge is 0.385 e. The summed E-state index contributed by atoms with van der Waals surface area (Å²) in [5.41, 5.74) is 2.97. The Balaban J connectivity index is 2.44. The number of aliphatic hydroxyl groups excluding tert-OH is 1. The van der Waals surface area contributed by atoms with Gasteiger partial charge in [-0.15, -0.1) is 11.3 Å². The molecule has 0 aliphatic rings. The van der Waals surface area contributed by atoms with Crippen LogP contribution in [-0.2, 0) is 0 Å². The number of hydrogen-bond donors (Lipinski definition) is 1. The van der Waals surface area contributed by atoms with E-state index in [1.165, 1.54) is 0 Å². The van der Waals surface area contributed by atoms with E-state index in [1.807, 2.05) is 11.4 Å². The molecule has 5 heteroatoms. The van der Waals surface area contributed by atoms with Crippen LogP contribution in [0.15, 0.2) is 17.6 Å². The lowest BCUT2D eigenvalue weighted by molar-refractivity contribution is 0.182. The van der Waals surface area contributed by atoms with Gasteiger partial charge in [-0.1, -0.05) is 6.92 Å². The molecule has 0 radical (unpaired) electrons. The first-order chi connectivity index (χ1) is 9.13. The highest BCUT2D eigenvalue weighted by molar-refractivity contribution is 7.18. The zero-order chi connectivity index (χ0) is 13.6. The maximum absolute atomic E-state index is 9.97. The molecule has 4 nitrogen and oxygen atoms in total. The second-order valence-corrected chi connectivity index (χ2v) is 5.82. The summed E-state index contributed by atoms with van der Waals surface area (Å²) in [5.74, 6) is 0.729. The van der Waals surface area contributed by atoms with Crippen molar-refractivity contribution in [2.45, 2.75) is 39.3 Å². The number of aromatic nitrogens is 3. The number of thiophene rings is 1. The molecule has 19 heavy (non-hydrogen) atoms. The molecule has 1 N–H and O–H groups in total. The third-order valence-electron chi connectivity index (χ3n) is 3.56. The summed E-state index contributed by atoms with van der Waals surface area (Å²) in [5, 5.41) is 12.0. The number of hydrogen-bond acceptors (Lipinski definition) is 4. The first-order valence-corrected chi connectivity index (χ1v) is 7.43. The molecule has 2 atom stereocenters. The molecule has 3 aromatic rings. The predicted octanol–water partition coefficient (Wildman–Crippen LogP) is 3.67. The number of aliphatic hydroxyl groups is 1.